The van der Waals surface area contributed by atoms with E-state index in [2.05, 4.69) is 15.0 Å². The first kappa shape index (κ1) is 13.3. The van der Waals surface area contributed by atoms with Crippen molar-refractivity contribution in [1.29, 1.82) is 0 Å². The second kappa shape index (κ2) is 5.12. The van der Waals surface area contributed by atoms with E-state index < -0.39 is 0 Å². The molecule has 3 aromatic rings. The zero-order valence-electron chi connectivity index (χ0n) is 11.6. The maximum Gasteiger partial charge on any atom is 0.176 e. The summed E-state index contributed by atoms with van der Waals surface area (Å²) in [4.78, 5) is 6.54. The van der Waals surface area contributed by atoms with Crippen LogP contribution in [0.4, 0.5) is 11.4 Å². The monoisotopic (exact) mass is 312 g/mol. The highest BCUT2D eigenvalue weighted by Crippen LogP contribution is 2.37. The smallest absolute Gasteiger partial charge is 0.176 e. The lowest BCUT2D eigenvalue weighted by Crippen LogP contribution is -2.26. The van der Waals surface area contributed by atoms with E-state index in [4.69, 9.17) is 11.6 Å². The van der Waals surface area contributed by atoms with Crippen LogP contribution in [0.25, 0.3) is 5.69 Å². The van der Waals surface area contributed by atoms with Crippen LogP contribution in [0.5, 0.6) is 0 Å². The van der Waals surface area contributed by atoms with E-state index in [9.17, 15) is 5.11 Å². The third-order valence-electron chi connectivity index (χ3n) is 3.68. The molecule has 2 aromatic carbocycles. The molecule has 0 radical (unpaired) electrons. The fraction of sp³-hybridized carbons (Fsp3) is 0.125. The van der Waals surface area contributed by atoms with Gasteiger partial charge in [-0.05, 0) is 30.3 Å². The van der Waals surface area contributed by atoms with E-state index in [1.165, 1.54) is 0 Å². The van der Waals surface area contributed by atoms with Crippen LogP contribution in [0, 0.1) is 0 Å². The summed E-state index contributed by atoms with van der Waals surface area (Å²) in [7, 11) is 0. The Morgan fingerprint density at radius 2 is 1.91 bits per heavy atom. The van der Waals surface area contributed by atoms with Crippen molar-refractivity contribution in [2.45, 2.75) is 13.2 Å². The van der Waals surface area contributed by atoms with Gasteiger partial charge in [-0.15, -0.1) is 5.10 Å². The molecule has 1 N–H and O–H groups in total. The van der Waals surface area contributed by atoms with Crippen molar-refractivity contribution in [2.75, 3.05) is 4.90 Å². The van der Waals surface area contributed by atoms with Crippen molar-refractivity contribution in [2.24, 2.45) is 0 Å². The number of anilines is 2. The molecule has 0 saturated heterocycles. The Morgan fingerprint density at radius 1 is 1.09 bits per heavy atom. The van der Waals surface area contributed by atoms with E-state index >= 15 is 0 Å². The quantitative estimate of drug-likeness (QED) is 0.790. The van der Waals surface area contributed by atoms with Gasteiger partial charge in [0.25, 0.3) is 0 Å². The average Bonchev–Trinajstić information content (AvgIpc) is 2.98. The first-order chi connectivity index (χ1) is 10.8. The Labute approximate surface area is 132 Å². The van der Waals surface area contributed by atoms with Crippen molar-refractivity contribution >= 4 is 23.0 Å². The molecule has 5 nitrogen and oxygen atoms in total. The molecular formula is C16H13ClN4O. The van der Waals surface area contributed by atoms with Crippen molar-refractivity contribution in [3.63, 3.8) is 0 Å². The van der Waals surface area contributed by atoms with Gasteiger partial charge in [-0.3, -0.25) is 0 Å². The molecule has 0 fully saturated rings. The third-order valence-corrected chi connectivity index (χ3v) is 3.92. The zero-order chi connectivity index (χ0) is 15.1. The molecule has 0 unspecified atom stereocenters. The fourth-order valence-corrected chi connectivity index (χ4v) is 2.88. The van der Waals surface area contributed by atoms with Gasteiger partial charge in [0.15, 0.2) is 11.6 Å². The molecule has 22 heavy (non-hydrogen) atoms. The normalized spacial score (nSPS) is 12.9. The van der Waals surface area contributed by atoms with Gasteiger partial charge >= 0.3 is 0 Å². The molecule has 0 atom stereocenters. The third kappa shape index (κ3) is 2.06. The van der Waals surface area contributed by atoms with Crippen LogP contribution in [0.2, 0.25) is 5.02 Å². The average molecular weight is 313 g/mol. The molecule has 4 rings (SSSR count). The van der Waals surface area contributed by atoms with Gasteiger partial charge in [0.2, 0.25) is 0 Å². The highest BCUT2D eigenvalue weighted by atomic mass is 35.5. The number of aromatic nitrogens is 3. The Hall–Kier alpha value is -2.37. The number of para-hydroxylation sites is 1. The van der Waals surface area contributed by atoms with Crippen LogP contribution in [-0.4, -0.2) is 19.9 Å². The summed E-state index contributed by atoms with van der Waals surface area (Å²) in [6, 6.07) is 15.8. The number of nitrogens with zero attached hydrogens (tertiary/aromatic N) is 4. The SMILES string of the molecule is OCc1nc2n(n1)-c1ccc(Cl)cc1N(c1ccccc1)C2. The number of benzene rings is 2. The fourth-order valence-electron chi connectivity index (χ4n) is 2.71. The van der Waals surface area contributed by atoms with E-state index in [0.717, 1.165) is 22.9 Å². The van der Waals surface area contributed by atoms with Crippen LogP contribution in [0.1, 0.15) is 11.6 Å². The molecule has 0 spiro atoms. The summed E-state index contributed by atoms with van der Waals surface area (Å²) >= 11 is 6.18. The van der Waals surface area contributed by atoms with Crippen LogP contribution in [0.3, 0.4) is 0 Å². The number of aliphatic hydroxyl groups is 1. The molecule has 0 bridgehead atoms. The molecule has 0 aliphatic carbocycles. The Balaban J connectivity index is 1.92. The Kier molecular flexibility index (Phi) is 3.10. The minimum atomic E-state index is -0.172. The molecule has 2 heterocycles. The number of hydrogen-bond acceptors (Lipinski definition) is 4. The van der Waals surface area contributed by atoms with E-state index in [1.54, 1.807) is 4.68 Å². The molecule has 1 aliphatic heterocycles. The van der Waals surface area contributed by atoms with Crippen molar-refractivity contribution in [3.8, 4) is 5.69 Å². The standard InChI is InChI=1S/C16H13ClN4O/c17-11-6-7-13-14(8-11)20(12-4-2-1-3-5-12)9-16-18-15(10-22)19-21(13)16/h1-8,22H,9-10H2. The number of aliphatic hydroxyl groups excluding tert-OH is 1. The molecule has 1 aromatic heterocycles. The summed E-state index contributed by atoms with van der Waals surface area (Å²) in [6.45, 7) is 0.401. The maximum atomic E-state index is 9.29. The van der Waals surface area contributed by atoms with Gasteiger partial charge in [0.05, 0.1) is 17.9 Å². The van der Waals surface area contributed by atoms with Crippen molar-refractivity contribution in [1.82, 2.24) is 14.8 Å². The summed E-state index contributed by atoms with van der Waals surface area (Å²) in [6.07, 6.45) is 0. The number of rotatable bonds is 2. The summed E-state index contributed by atoms with van der Waals surface area (Å²) in [5.41, 5.74) is 2.94. The minimum Gasteiger partial charge on any atom is -0.388 e. The van der Waals surface area contributed by atoms with Gasteiger partial charge in [0, 0.05) is 10.7 Å². The Bertz CT molecular complexity index is 831. The molecule has 6 heteroatoms. The van der Waals surface area contributed by atoms with Crippen molar-refractivity contribution in [3.05, 3.63) is 65.2 Å². The molecule has 1 aliphatic rings. The van der Waals surface area contributed by atoms with Gasteiger partial charge in [-0.1, -0.05) is 29.8 Å². The predicted molar refractivity (Wildman–Crippen MR) is 84.6 cm³/mol. The predicted octanol–water partition coefficient (Wildman–Crippen LogP) is 3.06. The van der Waals surface area contributed by atoms with Crippen molar-refractivity contribution < 1.29 is 5.11 Å². The van der Waals surface area contributed by atoms with Gasteiger partial charge in [-0.25, -0.2) is 9.67 Å². The molecular weight excluding hydrogens is 300 g/mol. The largest absolute Gasteiger partial charge is 0.388 e. The van der Waals surface area contributed by atoms with Gasteiger partial charge in [0.1, 0.15) is 6.61 Å². The number of halogens is 1. The van der Waals surface area contributed by atoms with Crippen LogP contribution in [0.15, 0.2) is 48.5 Å². The van der Waals surface area contributed by atoms with E-state index in [1.807, 2.05) is 48.5 Å². The maximum absolute atomic E-state index is 9.29. The lowest BCUT2D eigenvalue weighted by atomic mass is 10.1. The van der Waals surface area contributed by atoms with Crippen LogP contribution < -0.4 is 4.90 Å². The summed E-state index contributed by atoms with van der Waals surface area (Å²) in [5.74, 6) is 1.22. The van der Waals surface area contributed by atoms with Crippen LogP contribution >= 0.6 is 11.6 Å². The number of hydrogen-bond donors (Lipinski definition) is 1. The first-order valence-electron chi connectivity index (χ1n) is 6.94. The van der Waals surface area contributed by atoms with Gasteiger partial charge in [-0.2, -0.15) is 0 Å². The summed E-state index contributed by atoms with van der Waals surface area (Å²) < 4.78 is 1.77. The first-order valence-corrected chi connectivity index (χ1v) is 7.32. The highest BCUT2D eigenvalue weighted by molar-refractivity contribution is 6.31. The summed E-state index contributed by atoms with van der Waals surface area (Å²) in [5, 5.41) is 14.3. The van der Waals surface area contributed by atoms with Crippen LogP contribution in [-0.2, 0) is 13.2 Å². The lowest BCUT2D eigenvalue weighted by Gasteiger charge is -2.31. The molecule has 0 amide bonds. The van der Waals surface area contributed by atoms with E-state index in [-0.39, 0.29) is 6.61 Å². The number of fused-ring (bicyclic) bond motifs is 3. The molecule has 0 saturated carbocycles. The van der Waals surface area contributed by atoms with E-state index in [0.29, 0.717) is 17.4 Å². The zero-order valence-corrected chi connectivity index (χ0v) is 12.4. The minimum absolute atomic E-state index is 0.172. The second-order valence-electron chi connectivity index (χ2n) is 5.07. The Morgan fingerprint density at radius 3 is 2.68 bits per heavy atom. The second-order valence-corrected chi connectivity index (χ2v) is 5.51. The highest BCUT2D eigenvalue weighted by Gasteiger charge is 2.26. The molecule has 110 valence electrons. The topological polar surface area (TPSA) is 54.2 Å². The van der Waals surface area contributed by atoms with Gasteiger partial charge < -0.3 is 10.0 Å². The lowest BCUT2D eigenvalue weighted by molar-refractivity contribution is 0.271.